The molecular weight excluding hydrogens is 384 g/mol. The fourth-order valence-corrected chi connectivity index (χ4v) is 3.73. The Morgan fingerprint density at radius 2 is 1.76 bits per heavy atom. The standard InChI is InChI=1S/C24H21ClN2O2/c1-14-12-17-7-10-19(24(29)23(17)27-15(14)2)20(16-5-8-18(25)9-6-16)13-21-22(28)4-3-11-26-21/h3-12,20,28-29H,13H2,1-2H3. The van der Waals surface area contributed by atoms with Crippen LogP contribution < -0.4 is 0 Å². The SMILES string of the molecule is Cc1cc2ccc(C(Cc3ncccc3O)c3ccc(Cl)cc3)c(O)c2nc1C. The molecule has 29 heavy (non-hydrogen) atoms. The molecule has 2 aromatic carbocycles. The highest BCUT2D eigenvalue weighted by Crippen LogP contribution is 2.39. The summed E-state index contributed by atoms with van der Waals surface area (Å²) in [5, 5.41) is 22.9. The number of benzene rings is 2. The number of hydrogen-bond acceptors (Lipinski definition) is 4. The lowest BCUT2D eigenvalue weighted by atomic mass is 9.86. The van der Waals surface area contributed by atoms with Crippen LogP contribution in [0.2, 0.25) is 5.02 Å². The first kappa shape index (κ1) is 19.2. The second-order valence-electron chi connectivity index (χ2n) is 7.24. The third-order valence-corrected chi connectivity index (χ3v) is 5.60. The van der Waals surface area contributed by atoms with Gasteiger partial charge in [0.05, 0.1) is 5.69 Å². The van der Waals surface area contributed by atoms with Gasteiger partial charge in [0.2, 0.25) is 0 Å². The van der Waals surface area contributed by atoms with Gasteiger partial charge in [0.15, 0.2) is 0 Å². The third kappa shape index (κ3) is 3.76. The topological polar surface area (TPSA) is 66.2 Å². The molecule has 1 atom stereocenters. The number of nitrogens with zero attached hydrogens (tertiary/aromatic N) is 2. The van der Waals surface area contributed by atoms with Crippen LogP contribution in [0, 0.1) is 13.8 Å². The van der Waals surface area contributed by atoms with E-state index in [4.69, 9.17) is 11.6 Å². The summed E-state index contributed by atoms with van der Waals surface area (Å²) < 4.78 is 0. The Morgan fingerprint density at radius 3 is 2.48 bits per heavy atom. The van der Waals surface area contributed by atoms with Crippen molar-refractivity contribution in [3.05, 3.63) is 93.9 Å². The van der Waals surface area contributed by atoms with Crippen molar-refractivity contribution in [2.24, 2.45) is 0 Å². The maximum absolute atomic E-state index is 11.1. The molecule has 0 amide bonds. The molecule has 0 radical (unpaired) electrons. The lowest BCUT2D eigenvalue weighted by molar-refractivity contribution is 0.457. The first-order valence-corrected chi connectivity index (χ1v) is 9.80. The molecule has 4 nitrogen and oxygen atoms in total. The highest BCUT2D eigenvalue weighted by molar-refractivity contribution is 6.30. The molecule has 0 saturated carbocycles. The van der Waals surface area contributed by atoms with Gasteiger partial charge < -0.3 is 10.2 Å². The molecule has 146 valence electrons. The van der Waals surface area contributed by atoms with Crippen LogP contribution in [0.25, 0.3) is 10.9 Å². The molecule has 0 bridgehead atoms. The first-order valence-electron chi connectivity index (χ1n) is 9.42. The number of hydrogen-bond donors (Lipinski definition) is 2. The molecule has 1 unspecified atom stereocenters. The lowest BCUT2D eigenvalue weighted by Gasteiger charge is -2.20. The summed E-state index contributed by atoms with van der Waals surface area (Å²) in [6, 6.07) is 16.8. The van der Waals surface area contributed by atoms with Gasteiger partial charge in [0, 0.05) is 40.2 Å². The molecule has 0 spiro atoms. The van der Waals surface area contributed by atoms with Gasteiger partial charge in [-0.25, -0.2) is 4.98 Å². The van der Waals surface area contributed by atoms with Gasteiger partial charge in [-0.05, 0) is 55.3 Å². The average molecular weight is 405 g/mol. The van der Waals surface area contributed by atoms with Crippen molar-refractivity contribution in [1.82, 2.24) is 9.97 Å². The smallest absolute Gasteiger partial charge is 0.145 e. The van der Waals surface area contributed by atoms with Crippen molar-refractivity contribution < 1.29 is 10.2 Å². The molecule has 0 saturated heterocycles. The zero-order valence-corrected chi connectivity index (χ0v) is 17.0. The minimum Gasteiger partial charge on any atom is -0.506 e. The summed E-state index contributed by atoms with van der Waals surface area (Å²) in [6.07, 6.45) is 2.08. The number of halogens is 1. The van der Waals surface area contributed by atoms with Gasteiger partial charge in [0.25, 0.3) is 0 Å². The van der Waals surface area contributed by atoms with E-state index in [0.717, 1.165) is 27.8 Å². The quantitative estimate of drug-likeness (QED) is 0.458. The number of phenolic OH excluding ortho intramolecular Hbond substituents is 1. The van der Waals surface area contributed by atoms with Crippen molar-refractivity contribution in [1.29, 1.82) is 0 Å². The van der Waals surface area contributed by atoms with Crippen molar-refractivity contribution >= 4 is 22.5 Å². The summed E-state index contributed by atoms with van der Waals surface area (Å²) in [6.45, 7) is 3.94. The van der Waals surface area contributed by atoms with Crippen LogP contribution in [0.1, 0.15) is 34.0 Å². The Hall–Kier alpha value is -3.11. The van der Waals surface area contributed by atoms with Crippen molar-refractivity contribution in [3.8, 4) is 11.5 Å². The monoisotopic (exact) mass is 404 g/mol. The molecule has 0 aliphatic rings. The van der Waals surface area contributed by atoms with Gasteiger partial charge >= 0.3 is 0 Å². The second kappa shape index (κ2) is 7.72. The number of aromatic nitrogens is 2. The van der Waals surface area contributed by atoms with Crippen LogP contribution >= 0.6 is 11.6 Å². The fraction of sp³-hybridized carbons (Fsp3) is 0.167. The van der Waals surface area contributed by atoms with Crippen LogP contribution in [0.5, 0.6) is 11.5 Å². The van der Waals surface area contributed by atoms with Gasteiger partial charge in [-0.2, -0.15) is 0 Å². The molecular formula is C24H21ClN2O2. The van der Waals surface area contributed by atoms with Crippen LogP contribution in [0.4, 0.5) is 0 Å². The zero-order valence-electron chi connectivity index (χ0n) is 16.2. The number of rotatable bonds is 4. The minimum absolute atomic E-state index is 0.135. The minimum atomic E-state index is -0.221. The van der Waals surface area contributed by atoms with Crippen molar-refractivity contribution in [3.63, 3.8) is 0 Å². The van der Waals surface area contributed by atoms with E-state index in [1.807, 2.05) is 56.3 Å². The lowest BCUT2D eigenvalue weighted by Crippen LogP contribution is -2.07. The Labute approximate surface area is 174 Å². The van der Waals surface area contributed by atoms with E-state index >= 15 is 0 Å². The largest absolute Gasteiger partial charge is 0.506 e. The van der Waals surface area contributed by atoms with E-state index < -0.39 is 0 Å². The maximum atomic E-state index is 11.1. The number of pyridine rings is 2. The number of aromatic hydroxyl groups is 2. The summed E-state index contributed by atoms with van der Waals surface area (Å²) in [5.41, 5.74) is 4.82. The van der Waals surface area contributed by atoms with E-state index in [1.54, 1.807) is 18.3 Å². The van der Waals surface area contributed by atoms with E-state index in [-0.39, 0.29) is 17.4 Å². The van der Waals surface area contributed by atoms with Gasteiger partial charge in [-0.1, -0.05) is 35.9 Å². The Morgan fingerprint density at radius 1 is 1.00 bits per heavy atom. The van der Waals surface area contributed by atoms with Crippen molar-refractivity contribution in [2.45, 2.75) is 26.2 Å². The predicted octanol–water partition coefficient (Wildman–Crippen LogP) is 5.69. The number of phenols is 1. The molecule has 0 fully saturated rings. The van der Waals surface area contributed by atoms with E-state index in [2.05, 4.69) is 9.97 Å². The molecule has 2 aromatic heterocycles. The highest BCUT2D eigenvalue weighted by atomic mass is 35.5. The van der Waals surface area contributed by atoms with E-state index in [1.165, 1.54) is 0 Å². The number of fused-ring (bicyclic) bond motifs is 1. The third-order valence-electron chi connectivity index (χ3n) is 5.35. The summed E-state index contributed by atoms with van der Waals surface area (Å²) in [4.78, 5) is 8.95. The fourth-order valence-electron chi connectivity index (χ4n) is 3.60. The first-order chi connectivity index (χ1) is 13.9. The summed E-state index contributed by atoms with van der Waals surface area (Å²) in [5.74, 6) is 0.0678. The van der Waals surface area contributed by atoms with Crippen LogP contribution in [0.3, 0.4) is 0 Å². The van der Waals surface area contributed by atoms with Crippen LogP contribution in [-0.2, 0) is 6.42 Å². The molecule has 2 heterocycles. The zero-order chi connectivity index (χ0) is 20.5. The molecule has 4 rings (SSSR count). The van der Waals surface area contributed by atoms with Gasteiger partial charge in [-0.3, -0.25) is 4.98 Å². The molecule has 0 aliphatic carbocycles. The molecule has 0 aliphatic heterocycles. The summed E-state index contributed by atoms with van der Waals surface area (Å²) >= 11 is 6.08. The predicted molar refractivity (Wildman–Crippen MR) is 116 cm³/mol. The van der Waals surface area contributed by atoms with E-state index in [9.17, 15) is 10.2 Å². The van der Waals surface area contributed by atoms with Gasteiger partial charge in [-0.15, -0.1) is 0 Å². The maximum Gasteiger partial charge on any atom is 0.145 e. The Kier molecular flexibility index (Phi) is 5.12. The highest BCUT2D eigenvalue weighted by Gasteiger charge is 2.22. The normalized spacial score (nSPS) is 12.2. The Balaban J connectivity index is 1.88. The molecule has 5 heteroatoms. The average Bonchev–Trinajstić information content (AvgIpc) is 2.71. The number of aryl methyl sites for hydroxylation is 2. The van der Waals surface area contributed by atoms with Crippen LogP contribution in [0.15, 0.2) is 60.8 Å². The summed E-state index contributed by atoms with van der Waals surface area (Å²) in [7, 11) is 0. The van der Waals surface area contributed by atoms with Gasteiger partial charge in [0.1, 0.15) is 17.0 Å². The van der Waals surface area contributed by atoms with Crippen LogP contribution in [-0.4, -0.2) is 20.2 Å². The van der Waals surface area contributed by atoms with E-state index in [0.29, 0.717) is 22.7 Å². The second-order valence-corrected chi connectivity index (χ2v) is 7.68. The Bertz CT molecular complexity index is 1190. The molecule has 2 N–H and O–H groups in total. The van der Waals surface area contributed by atoms with Crippen molar-refractivity contribution in [2.75, 3.05) is 0 Å². The molecule has 4 aromatic rings.